The fourth-order valence-corrected chi connectivity index (χ4v) is 4.45. The maximum absolute atomic E-state index is 12.5. The van der Waals surface area contributed by atoms with Gasteiger partial charge in [-0.05, 0) is 45.1 Å². The van der Waals surface area contributed by atoms with Crippen molar-refractivity contribution < 1.29 is 9.53 Å². The Labute approximate surface area is 142 Å². The molecule has 1 N–H and O–H groups in total. The third kappa shape index (κ3) is 3.92. The molecule has 1 unspecified atom stereocenters. The van der Waals surface area contributed by atoms with Gasteiger partial charge in [0.05, 0.1) is 12.1 Å². The second-order valence-corrected chi connectivity index (χ2v) is 7.65. The van der Waals surface area contributed by atoms with Gasteiger partial charge in [-0.3, -0.25) is 4.79 Å². The molecule has 1 aromatic rings. The molecule has 0 bridgehead atoms. The normalized spacial score (nSPS) is 21.7. The number of ether oxygens (including phenoxy) is 1. The van der Waals surface area contributed by atoms with Crippen LogP contribution in [0.3, 0.4) is 0 Å². The zero-order chi connectivity index (χ0) is 16.3. The number of aromatic nitrogens is 1. The lowest BCUT2D eigenvalue weighted by atomic mass is 9.78. The van der Waals surface area contributed by atoms with Gasteiger partial charge in [-0.25, -0.2) is 4.98 Å². The first-order valence-corrected chi connectivity index (χ1v) is 9.54. The SMILES string of the molecule is CCOC(C)c1nc(CC(=O)N2CCC3(CCNC3)CC2)cs1. The molecule has 0 radical (unpaired) electrons. The van der Waals surface area contributed by atoms with Crippen LogP contribution in [0.15, 0.2) is 5.38 Å². The maximum atomic E-state index is 12.5. The lowest BCUT2D eigenvalue weighted by Crippen LogP contribution is -2.44. The van der Waals surface area contributed by atoms with Gasteiger partial charge in [0.15, 0.2) is 0 Å². The molecule has 1 aromatic heterocycles. The number of amides is 1. The third-order valence-electron chi connectivity index (χ3n) is 5.18. The van der Waals surface area contributed by atoms with Crippen LogP contribution in [-0.2, 0) is 16.0 Å². The largest absolute Gasteiger partial charge is 0.372 e. The monoisotopic (exact) mass is 337 g/mol. The van der Waals surface area contributed by atoms with Gasteiger partial charge in [0, 0.05) is 31.6 Å². The first-order chi connectivity index (χ1) is 11.1. The summed E-state index contributed by atoms with van der Waals surface area (Å²) in [6.45, 7) is 8.72. The fourth-order valence-electron chi connectivity index (χ4n) is 3.63. The van der Waals surface area contributed by atoms with Gasteiger partial charge in [-0.15, -0.1) is 11.3 Å². The highest BCUT2D eigenvalue weighted by Gasteiger charge is 2.38. The van der Waals surface area contributed by atoms with Gasteiger partial charge in [0.1, 0.15) is 11.1 Å². The lowest BCUT2D eigenvalue weighted by molar-refractivity contribution is -0.132. The summed E-state index contributed by atoms with van der Waals surface area (Å²) in [5.41, 5.74) is 1.33. The van der Waals surface area contributed by atoms with Crippen LogP contribution in [0.5, 0.6) is 0 Å². The van der Waals surface area contributed by atoms with Gasteiger partial charge >= 0.3 is 0 Å². The maximum Gasteiger partial charge on any atom is 0.228 e. The van der Waals surface area contributed by atoms with Crippen LogP contribution < -0.4 is 5.32 Å². The zero-order valence-electron chi connectivity index (χ0n) is 14.1. The van der Waals surface area contributed by atoms with E-state index in [0.29, 0.717) is 18.4 Å². The molecule has 1 amide bonds. The van der Waals surface area contributed by atoms with E-state index in [9.17, 15) is 4.79 Å². The molecule has 1 atom stereocenters. The predicted molar refractivity (Wildman–Crippen MR) is 91.6 cm³/mol. The van der Waals surface area contributed by atoms with Gasteiger partial charge in [0.2, 0.25) is 5.91 Å². The Balaban J connectivity index is 1.51. The number of rotatable bonds is 5. The summed E-state index contributed by atoms with van der Waals surface area (Å²) in [5, 5.41) is 6.42. The Hall–Kier alpha value is -0.980. The molecule has 3 rings (SSSR count). The molecule has 23 heavy (non-hydrogen) atoms. The number of hydrogen-bond acceptors (Lipinski definition) is 5. The number of likely N-dealkylation sites (tertiary alicyclic amines) is 1. The van der Waals surface area contributed by atoms with Gasteiger partial charge in [-0.2, -0.15) is 0 Å². The smallest absolute Gasteiger partial charge is 0.228 e. The first-order valence-electron chi connectivity index (χ1n) is 8.66. The van der Waals surface area contributed by atoms with E-state index < -0.39 is 0 Å². The van der Waals surface area contributed by atoms with Crippen molar-refractivity contribution in [2.75, 3.05) is 32.8 Å². The summed E-state index contributed by atoms with van der Waals surface area (Å²) in [6.07, 6.45) is 3.96. The molecule has 2 saturated heterocycles. The van der Waals surface area contributed by atoms with Crippen molar-refractivity contribution >= 4 is 17.2 Å². The fraction of sp³-hybridized carbons (Fsp3) is 0.765. The molecule has 128 valence electrons. The molecule has 0 saturated carbocycles. The van der Waals surface area contributed by atoms with Crippen LogP contribution >= 0.6 is 11.3 Å². The topological polar surface area (TPSA) is 54.5 Å². The van der Waals surface area contributed by atoms with Crippen LogP contribution in [0.25, 0.3) is 0 Å². The highest BCUT2D eigenvalue weighted by atomic mass is 32.1. The molecule has 2 aliphatic heterocycles. The average molecular weight is 337 g/mol. The van der Waals surface area contributed by atoms with Crippen LogP contribution in [0.4, 0.5) is 0 Å². The number of nitrogens with zero attached hydrogens (tertiary/aromatic N) is 2. The van der Waals surface area contributed by atoms with E-state index in [4.69, 9.17) is 4.74 Å². The molecule has 0 aromatic carbocycles. The van der Waals surface area contributed by atoms with E-state index in [0.717, 1.165) is 49.7 Å². The van der Waals surface area contributed by atoms with Crippen molar-refractivity contribution in [1.82, 2.24) is 15.2 Å². The van der Waals surface area contributed by atoms with Crippen LogP contribution in [0.2, 0.25) is 0 Å². The van der Waals surface area contributed by atoms with E-state index in [1.54, 1.807) is 11.3 Å². The minimum absolute atomic E-state index is 0.0126. The highest BCUT2D eigenvalue weighted by molar-refractivity contribution is 7.09. The Kier molecular flexibility index (Phi) is 5.34. The molecule has 2 fully saturated rings. The molecule has 5 nitrogen and oxygen atoms in total. The Morgan fingerprint density at radius 3 is 2.91 bits per heavy atom. The summed E-state index contributed by atoms with van der Waals surface area (Å²) in [7, 11) is 0. The first kappa shape index (κ1) is 16.9. The molecule has 3 heterocycles. The lowest BCUT2D eigenvalue weighted by Gasteiger charge is -2.38. The molecule has 6 heteroatoms. The number of hydrogen-bond donors (Lipinski definition) is 1. The summed E-state index contributed by atoms with van der Waals surface area (Å²) in [6, 6.07) is 0. The second kappa shape index (κ2) is 7.28. The standard InChI is InChI=1S/C17H27N3O2S/c1-3-22-13(2)16-19-14(11-23-16)10-15(21)20-8-5-17(6-9-20)4-7-18-12-17/h11,13,18H,3-10,12H2,1-2H3. The third-order valence-corrected chi connectivity index (χ3v) is 6.23. The Morgan fingerprint density at radius 1 is 1.48 bits per heavy atom. The van der Waals surface area contributed by atoms with Gasteiger partial charge in [-0.1, -0.05) is 0 Å². The van der Waals surface area contributed by atoms with Crippen molar-refractivity contribution in [1.29, 1.82) is 0 Å². The molecular weight excluding hydrogens is 310 g/mol. The minimum atomic E-state index is 0.0126. The van der Waals surface area contributed by atoms with Crippen molar-refractivity contribution in [3.05, 3.63) is 16.1 Å². The van der Waals surface area contributed by atoms with Crippen molar-refractivity contribution in [3.63, 3.8) is 0 Å². The minimum Gasteiger partial charge on any atom is -0.372 e. The van der Waals surface area contributed by atoms with E-state index in [2.05, 4.69) is 10.3 Å². The predicted octanol–water partition coefficient (Wildman–Crippen LogP) is 2.39. The molecule has 2 aliphatic rings. The number of nitrogens with one attached hydrogen (secondary N) is 1. The van der Waals surface area contributed by atoms with Crippen molar-refractivity contribution in [2.45, 2.75) is 45.6 Å². The number of carbonyl (C=O) groups is 1. The van der Waals surface area contributed by atoms with Crippen molar-refractivity contribution in [2.24, 2.45) is 5.41 Å². The van der Waals surface area contributed by atoms with Crippen LogP contribution in [0, 0.1) is 5.41 Å². The Morgan fingerprint density at radius 2 is 2.26 bits per heavy atom. The summed E-state index contributed by atoms with van der Waals surface area (Å²) in [5.74, 6) is 0.215. The van der Waals surface area contributed by atoms with E-state index in [-0.39, 0.29) is 12.0 Å². The van der Waals surface area contributed by atoms with E-state index in [1.807, 2.05) is 24.1 Å². The Bertz CT molecular complexity index is 530. The zero-order valence-corrected chi connectivity index (χ0v) is 15.0. The second-order valence-electron chi connectivity index (χ2n) is 6.76. The summed E-state index contributed by atoms with van der Waals surface area (Å²) < 4.78 is 5.56. The summed E-state index contributed by atoms with van der Waals surface area (Å²) in [4.78, 5) is 19.1. The number of thiazole rings is 1. The number of carbonyl (C=O) groups excluding carboxylic acids is 1. The molecule has 1 spiro atoms. The van der Waals surface area contributed by atoms with E-state index in [1.165, 1.54) is 6.42 Å². The summed E-state index contributed by atoms with van der Waals surface area (Å²) >= 11 is 1.59. The van der Waals surface area contributed by atoms with Crippen molar-refractivity contribution in [3.8, 4) is 0 Å². The highest BCUT2D eigenvalue weighted by Crippen LogP contribution is 2.37. The molecule has 0 aliphatic carbocycles. The van der Waals surface area contributed by atoms with Crippen LogP contribution in [0.1, 0.15) is 49.9 Å². The average Bonchev–Trinajstić information content (AvgIpc) is 3.18. The van der Waals surface area contributed by atoms with Gasteiger partial charge < -0.3 is 15.0 Å². The number of piperidine rings is 1. The molecular formula is C17H27N3O2S. The van der Waals surface area contributed by atoms with Crippen LogP contribution in [-0.4, -0.2) is 48.6 Å². The van der Waals surface area contributed by atoms with E-state index >= 15 is 0 Å². The quantitative estimate of drug-likeness (QED) is 0.896. The van der Waals surface area contributed by atoms with Gasteiger partial charge in [0.25, 0.3) is 0 Å².